The van der Waals surface area contributed by atoms with E-state index in [0.717, 1.165) is 77.5 Å². The number of benzene rings is 7. The highest BCUT2D eigenvalue weighted by Crippen LogP contribution is 2.42. The highest BCUT2D eigenvalue weighted by molar-refractivity contribution is 6.22. The van der Waals surface area contributed by atoms with Crippen molar-refractivity contribution in [3.63, 3.8) is 0 Å². The van der Waals surface area contributed by atoms with Crippen LogP contribution in [0, 0.1) is 0 Å². The van der Waals surface area contributed by atoms with Crippen molar-refractivity contribution in [1.82, 2.24) is 19.1 Å². The van der Waals surface area contributed by atoms with Gasteiger partial charge in [-0.25, -0.2) is 9.97 Å². The van der Waals surface area contributed by atoms with Crippen LogP contribution in [0.3, 0.4) is 0 Å². The minimum Gasteiger partial charge on any atom is -0.456 e. The SMILES string of the molecule is c1ccc(-c2cc(-c3ccccc3)nc(-n3c4cc5oc6ccccc6c5cc4c4cc5c6ccccc6n(-c6ccccc6)c5cc43)n2)cc1. The largest absolute Gasteiger partial charge is 0.456 e. The van der Waals surface area contributed by atoms with Crippen LogP contribution < -0.4 is 0 Å². The maximum atomic E-state index is 6.47. The Kier molecular flexibility index (Phi) is 5.89. The van der Waals surface area contributed by atoms with Crippen LogP contribution in [-0.4, -0.2) is 19.1 Å². The van der Waals surface area contributed by atoms with E-state index in [2.05, 4.69) is 155 Å². The standard InChI is InChI=1S/C46H28N4O/c1-4-14-29(15-5-1)38-26-39(30-16-6-2-7-17-30)48-46(47-38)50-42-27-41-34(32-20-10-12-22-40(32)49(41)31-18-8-3-9-19-31)24-35(42)36-25-37-33-21-11-13-23-44(33)51-45(37)28-43(36)50/h1-28H. The van der Waals surface area contributed by atoms with Crippen LogP contribution in [0.15, 0.2) is 174 Å². The lowest BCUT2D eigenvalue weighted by Gasteiger charge is -2.12. The summed E-state index contributed by atoms with van der Waals surface area (Å²) in [7, 11) is 0. The average molecular weight is 653 g/mol. The normalized spacial score (nSPS) is 11.9. The summed E-state index contributed by atoms with van der Waals surface area (Å²) in [5.41, 5.74) is 10.9. The van der Waals surface area contributed by atoms with Gasteiger partial charge in [0.15, 0.2) is 0 Å². The van der Waals surface area contributed by atoms with Gasteiger partial charge >= 0.3 is 0 Å². The van der Waals surface area contributed by atoms with E-state index in [1.54, 1.807) is 0 Å². The van der Waals surface area contributed by atoms with E-state index in [0.29, 0.717) is 5.95 Å². The van der Waals surface area contributed by atoms with Crippen molar-refractivity contribution in [2.45, 2.75) is 0 Å². The molecule has 5 nitrogen and oxygen atoms in total. The Bertz CT molecular complexity index is 3060. The molecule has 11 aromatic rings. The van der Waals surface area contributed by atoms with Crippen LogP contribution in [0.25, 0.3) is 99.7 Å². The Morgan fingerprint density at radius 3 is 1.59 bits per heavy atom. The Labute approximate surface area is 292 Å². The minimum absolute atomic E-state index is 0.604. The minimum atomic E-state index is 0.604. The molecule has 0 aliphatic rings. The zero-order valence-corrected chi connectivity index (χ0v) is 27.4. The topological polar surface area (TPSA) is 48.8 Å². The number of fused-ring (bicyclic) bond motifs is 9. The van der Waals surface area contributed by atoms with E-state index >= 15 is 0 Å². The van der Waals surface area contributed by atoms with Gasteiger partial charge in [-0.1, -0.05) is 115 Å². The molecule has 11 rings (SSSR count). The molecule has 0 aliphatic heterocycles. The lowest BCUT2D eigenvalue weighted by molar-refractivity contribution is 0.669. The third-order valence-electron chi connectivity index (χ3n) is 10.1. The molecule has 0 radical (unpaired) electrons. The second kappa shape index (κ2) is 10.8. The molecular weight excluding hydrogens is 625 g/mol. The van der Waals surface area contributed by atoms with Crippen LogP contribution >= 0.6 is 0 Å². The van der Waals surface area contributed by atoms with Crippen molar-refractivity contribution in [3.05, 3.63) is 170 Å². The van der Waals surface area contributed by atoms with Gasteiger partial charge in [0, 0.05) is 55.2 Å². The van der Waals surface area contributed by atoms with Gasteiger partial charge in [-0.05, 0) is 48.5 Å². The van der Waals surface area contributed by atoms with Gasteiger partial charge < -0.3 is 8.98 Å². The van der Waals surface area contributed by atoms with Gasteiger partial charge in [-0.3, -0.25) is 4.57 Å². The van der Waals surface area contributed by atoms with Crippen LogP contribution in [0.2, 0.25) is 0 Å². The van der Waals surface area contributed by atoms with Crippen LogP contribution in [0.5, 0.6) is 0 Å². The molecule has 0 unspecified atom stereocenters. The molecule has 0 saturated heterocycles. The summed E-state index contributed by atoms with van der Waals surface area (Å²) in [6.45, 7) is 0. The van der Waals surface area contributed by atoms with E-state index in [9.17, 15) is 0 Å². The monoisotopic (exact) mass is 652 g/mol. The molecule has 0 fully saturated rings. The first-order valence-corrected chi connectivity index (χ1v) is 17.2. The fraction of sp³-hybridized carbons (Fsp3) is 0. The molecule has 4 heterocycles. The number of rotatable bonds is 4. The number of para-hydroxylation sites is 3. The third kappa shape index (κ3) is 4.22. The summed E-state index contributed by atoms with van der Waals surface area (Å²) in [5.74, 6) is 0.604. The van der Waals surface area contributed by atoms with E-state index in [4.69, 9.17) is 14.4 Å². The zero-order valence-electron chi connectivity index (χ0n) is 27.4. The van der Waals surface area contributed by atoms with Crippen molar-refractivity contribution >= 4 is 65.6 Å². The second-order valence-electron chi connectivity index (χ2n) is 13.0. The fourth-order valence-electron chi connectivity index (χ4n) is 7.81. The summed E-state index contributed by atoms with van der Waals surface area (Å²) in [5, 5.41) is 6.86. The van der Waals surface area contributed by atoms with Crippen molar-refractivity contribution in [1.29, 1.82) is 0 Å². The molecule has 0 aliphatic carbocycles. The third-order valence-corrected chi connectivity index (χ3v) is 10.1. The first-order valence-electron chi connectivity index (χ1n) is 17.2. The number of aromatic nitrogens is 4. The average Bonchev–Trinajstić information content (AvgIpc) is 3.83. The van der Waals surface area contributed by atoms with Crippen molar-refractivity contribution in [2.75, 3.05) is 0 Å². The first kappa shape index (κ1) is 27.9. The van der Waals surface area contributed by atoms with E-state index in [1.165, 1.54) is 16.3 Å². The van der Waals surface area contributed by atoms with Gasteiger partial charge in [0.25, 0.3) is 0 Å². The van der Waals surface area contributed by atoms with Crippen LogP contribution in [0.1, 0.15) is 0 Å². The molecule has 0 atom stereocenters. The van der Waals surface area contributed by atoms with Crippen molar-refractivity contribution < 1.29 is 4.42 Å². The summed E-state index contributed by atoms with van der Waals surface area (Å²) in [4.78, 5) is 10.6. The predicted molar refractivity (Wildman–Crippen MR) is 209 cm³/mol. The lowest BCUT2D eigenvalue weighted by Crippen LogP contribution is -2.04. The number of hydrogen-bond donors (Lipinski definition) is 0. The highest BCUT2D eigenvalue weighted by Gasteiger charge is 2.22. The molecule has 0 bridgehead atoms. The van der Waals surface area contributed by atoms with E-state index < -0.39 is 0 Å². The number of nitrogens with zero attached hydrogens (tertiary/aromatic N) is 4. The highest BCUT2D eigenvalue weighted by atomic mass is 16.3. The maximum absolute atomic E-state index is 6.47. The molecule has 238 valence electrons. The number of furan rings is 1. The van der Waals surface area contributed by atoms with Gasteiger partial charge in [-0.2, -0.15) is 0 Å². The Balaban J connectivity index is 1.31. The smallest absolute Gasteiger partial charge is 0.235 e. The molecule has 7 aromatic carbocycles. The van der Waals surface area contributed by atoms with Crippen LogP contribution in [0.4, 0.5) is 0 Å². The van der Waals surface area contributed by atoms with Crippen LogP contribution in [-0.2, 0) is 0 Å². The Hall–Kier alpha value is -6.98. The van der Waals surface area contributed by atoms with Gasteiger partial charge in [-0.15, -0.1) is 0 Å². The van der Waals surface area contributed by atoms with Gasteiger partial charge in [0.2, 0.25) is 5.95 Å². The second-order valence-corrected chi connectivity index (χ2v) is 13.0. The summed E-state index contributed by atoms with van der Waals surface area (Å²) in [6, 6.07) is 59.4. The molecule has 0 N–H and O–H groups in total. The molecule has 0 amide bonds. The molecular formula is C46H28N4O. The summed E-state index contributed by atoms with van der Waals surface area (Å²) < 4.78 is 11.1. The first-order chi connectivity index (χ1) is 25.3. The summed E-state index contributed by atoms with van der Waals surface area (Å²) >= 11 is 0. The molecule has 5 heteroatoms. The predicted octanol–water partition coefficient (Wildman–Crippen LogP) is 11.9. The van der Waals surface area contributed by atoms with Gasteiger partial charge in [0.1, 0.15) is 11.2 Å². The Morgan fingerprint density at radius 1 is 0.353 bits per heavy atom. The lowest BCUT2D eigenvalue weighted by atomic mass is 10.1. The van der Waals surface area contributed by atoms with Crippen molar-refractivity contribution in [2.24, 2.45) is 0 Å². The summed E-state index contributed by atoms with van der Waals surface area (Å²) in [6.07, 6.45) is 0. The molecule has 0 spiro atoms. The molecule has 4 aromatic heterocycles. The van der Waals surface area contributed by atoms with E-state index in [1.807, 2.05) is 24.3 Å². The van der Waals surface area contributed by atoms with E-state index in [-0.39, 0.29) is 0 Å². The maximum Gasteiger partial charge on any atom is 0.235 e. The van der Waals surface area contributed by atoms with Gasteiger partial charge in [0.05, 0.1) is 33.5 Å². The quantitative estimate of drug-likeness (QED) is 0.190. The molecule has 0 saturated carbocycles. The fourth-order valence-corrected chi connectivity index (χ4v) is 7.81. The zero-order chi connectivity index (χ0) is 33.5. The molecule has 51 heavy (non-hydrogen) atoms. The van der Waals surface area contributed by atoms with Crippen molar-refractivity contribution in [3.8, 4) is 34.2 Å². The number of hydrogen-bond acceptors (Lipinski definition) is 3. The Morgan fingerprint density at radius 2 is 0.882 bits per heavy atom.